The first-order valence-electron chi connectivity index (χ1n) is 6.47. The monoisotopic (exact) mass is 232 g/mol. The van der Waals surface area contributed by atoms with Crippen LogP contribution in [0.3, 0.4) is 0 Å². The van der Waals surface area contributed by atoms with Crippen LogP contribution >= 0.6 is 0 Å². The van der Waals surface area contributed by atoms with E-state index in [9.17, 15) is 10.2 Å². The number of hydrogen-bond acceptors (Lipinski definition) is 3. The third-order valence-corrected chi connectivity index (χ3v) is 2.78. The Morgan fingerprint density at radius 3 is 2.06 bits per heavy atom. The Labute approximate surface area is 99.5 Å². The van der Waals surface area contributed by atoms with Crippen LogP contribution in [0.25, 0.3) is 0 Å². The minimum absolute atomic E-state index is 0.274. The third kappa shape index (κ3) is 12.0. The van der Waals surface area contributed by atoms with Crippen LogP contribution < -0.4 is 0 Å². The van der Waals surface area contributed by atoms with Gasteiger partial charge in [-0.3, -0.25) is 0 Å². The van der Waals surface area contributed by atoms with Crippen LogP contribution in [0.15, 0.2) is 0 Å². The molecule has 0 heterocycles. The fraction of sp³-hybridized carbons (Fsp3) is 1.00. The Morgan fingerprint density at radius 2 is 1.50 bits per heavy atom. The molecule has 0 saturated carbocycles. The van der Waals surface area contributed by atoms with Crippen molar-refractivity contribution in [2.45, 2.75) is 76.9 Å². The highest BCUT2D eigenvalue weighted by atomic mass is 16.3. The van der Waals surface area contributed by atoms with E-state index >= 15 is 0 Å². The van der Waals surface area contributed by atoms with Crippen LogP contribution in [0.5, 0.6) is 0 Å². The third-order valence-electron chi connectivity index (χ3n) is 2.78. The fourth-order valence-electron chi connectivity index (χ4n) is 1.69. The summed E-state index contributed by atoms with van der Waals surface area (Å²) in [7, 11) is 0. The summed E-state index contributed by atoms with van der Waals surface area (Å²) in [5.41, 5.74) is -0.665. The Balaban J connectivity index is 3.27. The zero-order valence-electron chi connectivity index (χ0n) is 10.8. The predicted octanol–water partition coefficient (Wildman–Crippen LogP) is 2.23. The molecule has 0 amide bonds. The van der Waals surface area contributed by atoms with Gasteiger partial charge in [0.2, 0.25) is 0 Å². The molecule has 3 nitrogen and oxygen atoms in total. The molecule has 1 unspecified atom stereocenters. The second-order valence-electron chi connectivity index (χ2n) is 5.28. The molecule has 0 aromatic heterocycles. The highest BCUT2D eigenvalue weighted by Crippen LogP contribution is 2.16. The summed E-state index contributed by atoms with van der Waals surface area (Å²) in [6.07, 6.45) is 7.16. The smallest absolute Gasteiger partial charge is 0.0592 e. The molecule has 0 spiro atoms. The SMILES string of the molecule is CC(C)(O)CCC(O)CCCCCCCO. The van der Waals surface area contributed by atoms with Crippen molar-refractivity contribution in [3.05, 3.63) is 0 Å². The van der Waals surface area contributed by atoms with Crippen molar-refractivity contribution < 1.29 is 15.3 Å². The average molecular weight is 232 g/mol. The van der Waals surface area contributed by atoms with Gasteiger partial charge in [-0.2, -0.15) is 0 Å². The summed E-state index contributed by atoms with van der Waals surface area (Å²) in [4.78, 5) is 0. The maximum Gasteiger partial charge on any atom is 0.0592 e. The van der Waals surface area contributed by atoms with Gasteiger partial charge in [-0.15, -0.1) is 0 Å². The molecule has 1 atom stereocenters. The molecule has 0 saturated heterocycles. The van der Waals surface area contributed by atoms with E-state index < -0.39 is 5.60 Å². The average Bonchev–Trinajstić information content (AvgIpc) is 2.19. The van der Waals surface area contributed by atoms with Crippen molar-refractivity contribution in [3.63, 3.8) is 0 Å². The van der Waals surface area contributed by atoms with E-state index in [0.717, 1.165) is 38.5 Å². The molecule has 0 fully saturated rings. The summed E-state index contributed by atoms with van der Waals surface area (Å²) < 4.78 is 0. The second-order valence-corrected chi connectivity index (χ2v) is 5.28. The number of aliphatic hydroxyl groups is 3. The lowest BCUT2D eigenvalue weighted by molar-refractivity contribution is 0.0465. The first-order chi connectivity index (χ1) is 7.45. The van der Waals surface area contributed by atoms with Crippen LogP contribution in [-0.4, -0.2) is 33.6 Å². The first-order valence-corrected chi connectivity index (χ1v) is 6.47. The van der Waals surface area contributed by atoms with Crippen LogP contribution in [0.2, 0.25) is 0 Å². The van der Waals surface area contributed by atoms with Gasteiger partial charge in [-0.05, 0) is 39.5 Å². The fourth-order valence-corrected chi connectivity index (χ4v) is 1.69. The van der Waals surface area contributed by atoms with E-state index in [4.69, 9.17) is 5.11 Å². The van der Waals surface area contributed by atoms with Gasteiger partial charge in [0, 0.05) is 6.61 Å². The number of rotatable bonds is 10. The summed E-state index contributed by atoms with van der Waals surface area (Å²) in [6.45, 7) is 3.83. The standard InChI is InChI=1S/C13H28O3/c1-13(2,16)10-9-12(15)8-6-4-3-5-7-11-14/h12,14-16H,3-11H2,1-2H3. The first kappa shape index (κ1) is 15.9. The van der Waals surface area contributed by atoms with Gasteiger partial charge < -0.3 is 15.3 Å². The van der Waals surface area contributed by atoms with E-state index in [-0.39, 0.29) is 12.7 Å². The second kappa shape index (κ2) is 8.97. The van der Waals surface area contributed by atoms with E-state index in [0.29, 0.717) is 12.8 Å². The zero-order chi connectivity index (χ0) is 12.4. The van der Waals surface area contributed by atoms with Crippen LogP contribution in [0.1, 0.15) is 65.2 Å². The Bertz CT molecular complexity index is 152. The Kier molecular flexibility index (Phi) is 8.90. The molecule has 0 radical (unpaired) electrons. The molecule has 3 N–H and O–H groups in total. The van der Waals surface area contributed by atoms with Gasteiger partial charge in [0.1, 0.15) is 0 Å². The van der Waals surface area contributed by atoms with Crippen molar-refractivity contribution in [3.8, 4) is 0 Å². The lowest BCUT2D eigenvalue weighted by atomic mass is 9.98. The number of aliphatic hydroxyl groups excluding tert-OH is 2. The van der Waals surface area contributed by atoms with Gasteiger partial charge in [0.15, 0.2) is 0 Å². The highest BCUT2D eigenvalue weighted by molar-refractivity contribution is 4.68. The molecule has 0 bridgehead atoms. The largest absolute Gasteiger partial charge is 0.396 e. The van der Waals surface area contributed by atoms with E-state index in [1.165, 1.54) is 0 Å². The minimum atomic E-state index is -0.665. The minimum Gasteiger partial charge on any atom is -0.396 e. The molecule has 0 aliphatic heterocycles. The lowest BCUT2D eigenvalue weighted by Gasteiger charge is -2.19. The summed E-state index contributed by atoms with van der Waals surface area (Å²) in [5.74, 6) is 0. The maximum atomic E-state index is 9.66. The van der Waals surface area contributed by atoms with Gasteiger partial charge in [0.05, 0.1) is 11.7 Å². The molecule has 0 aliphatic rings. The molecule has 0 aliphatic carbocycles. The van der Waals surface area contributed by atoms with Crippen LogP contribution in [0, 0.1) is 0 Å². The van der Waals surface area contributed by atoms with Crippen LogP contribution in [0.4, 0.5) is 0 Å². The van der Waals surface area contributed by atoms with Crippen molar-refractivity contribution >= 4 is 0 Å². The lowest BCUT2D eigenvalue weighted by Crippen LogP contribution is -2.21. The van der Waals surface area contributed by atoms with Gasteiger partial charge in [-0.1, -0.05) is 25.7 Å². The summed E-state index contributed by atoms with van der Waals surface area (Å²) >= 11 is 0. The molecule has 0 rings (SSSR count). The van der Waals surface area contributed by atoms with E-state index in [1.807, 2.05) is 0 Å². The van der Waals surface area contributed by atoms with E-state index in [2.05, 4.69) is 0 Å². The van der Waals surface area contributed by atoms with Crippen molar-refractivity contribution in [2.24, 2.45) is 0 Å². The summed E-state index contributed by atoms with van der Waals surface area (Å²) in [6, 6.07) is 0. The maximum absolute atomic E-state index is 9.66. The highest BCUT2D eigenvalue weighted by Gasteiger charge is 2.14. The molecule has 98 valence electrons. The molecule has 16 heavy (non-hydrogen) atoms. The predicted molar refractivity (Wildman–Crippen MR) is 66.3 cm³/mol. The topological polar surface area (TPSA) is 60.7 Å². The van der Waals surface area contributed by atoms with Gasteiger partial charge >= 0.3 is 0 Å². The molecule has 3 heteroatoms. The molecular formula is C13H28O3. The van der Waals surface area contributed by atoms with Crippen molar-refractivity contribution in [2.75, 3.05) is 6.61 Å². The van der Waals surface area contributed by atoms with Gasteiger partial charge in [-0.25, -0.2) is 0 Å². The van der Waals surface area contributed by atoms with Crippen LogP contribution in [-0.2, 0) is 0 Å². The Morgan fingerprint density at radius 1 is 0.938 bits per heavy atom. The molecular weight excluding hydrogens is 204 g/mol. The molecule has 0 aromatic carbocycles. The zero-order valence-corrected chi connectivity index (χ0v) is 10.8. The molecule has 0 aromatic rings. The number of hydrogen-bond donors (Lipinski definition) is 3. The summed E-state index contributed by atoms with van der Waals surface area (Å²) in [5, 5.41) is 27.8. The quantitative estimate of drug-likeness (QED) is 0.506. The van der Waals surface area contributed by atoms with Crippen molar-refractivity contribution in [1.82, 2.24) is 0 Å². The van der Waals surface area contributed by atoms with Crippen molar-refractivity contribution in [1.29, 1.82) is 0 Å². The normalized spacial score (nSPS) is 14.1. The Hall–Kier alpha value is -0.120. The number of unbranched alkanes of at least 4 members (excludes halogenated alkanes) is 4. The van der Waals surface area contributed by atoms with E-state index in [1.54, 1.807) is 13.8 Å². The van der Waals surface area contributed by atoms with Gasteiger partial charge in [0.25, 0.3) is 0 Å².